The number of primary amides is 1. The second-order valence-electron chi connectivity index (χ2n) is 5.22. The number of hydrogen-bond acceptors (Lipinski definition) is 3. The topological polar surface area (TPSA) is 84.2 Å². The molecular formula is C15H21N3O2. The van der Waals surface area contributed by atoms with Crippen LogP contribution in [-0.2, 0) is 9.59 Å². The van der Waals surface area contributed by atoms with Crippen molar-refractivity contribution in [1.82, 2.24) is 10.6 Å². The lowest BCUT2D eigenvalue weighted by molar-refractivity contribution is -0.124. The van der Waals surface area contributed by atoms with Gasteiger partial charge < -0.3 is 11.1 Å². The summed E-state index contributed by atoms with van der Waals surface area (Å²) in [7, 11) is 0. The van der Waals surface area contributed by atoms with Gasteiger partial charge in [-0.05, 0) is 25.3 Å². The molecule has 5 nitrogen and oxygen atoms in total. The SMILES string of the molecule is C[C@H](N[C@@H]1C(=O)NCCC[C@H]1c1ccccc1)C(N)=O. The highest BCUT2D eigenvalue weighted by Gasteiger charge is 2.32. The number of hydrogen-bond donors (Lipinski definition) is 3. The molecule has 20 heavy (non-hydrogen) atoms. The van der Waals surface area contributed by atoms with Crippen LogP contribution in [-0.4, -0.2) is 30.4 Å². The zero-order chi connectivity index (χ0) is 14.5. The first-order valence-electron chi connectivity index (χ1n) is 6.97. The van der Waals surface area contributed by atoms with Gasteiger partial charge in [0.15, 0.2) is 0 Å². The Morgan fingerprint density at radius 2 is 2.10 bits per heavy atom. The van der Waals surface area contributed by atoms with Gasteiger partial charge in [-0.1, -0.05) is 30.3 Å². The second kappa shape index (κ2) is 6.52. The quantitative estimate of drug-likeness (QED) is 0.748. The van der Waals surface area contributed by atoms with Crippen molar-refractivity contribution >= 4 is 11.8 Å². The first-order valence-corrected chi connectivity index (χ1v) is 6.97. The van der Waals surface area contributed by atoms with Crippen molar-refractivity contribution < 1.29 is 9.59 Å². The summed E-state index contributed by atoms with van der Waals surface area (Å²) in [6.07, 6.45) is 1.82. The normalized spacial score (nSPS) is 24.6. The van der Waals surface area contributed by atoms with Crippen LogP contribution >= 0.6 is 0 Å². The van der Waals surface area contributed by atoms with Crippen LogP contribution in [0.2, 0.25) is 0 Å². The summed E-state index contributed by atoms with van der Waals surface area (Å²) in [6.45, 7) is 2.36. The molecule has 3 atom stereocenters. The molecule has 1 aliphatic rings. The largest absolute Gasteiger partial charge is 0.368 e. The van der Waals surface area contributed by atoms with Crippen LogP contribution in [0.3, 0.4) is 0 Å². The second-order valence-corrected chi connectivity index (χ2v) is 5.22. The molecule has 0 bridgehead atoms. The molecule has 1 fully saturated rings. The van der Waals surface area contributed by atoms with E-state index in [0.717, 1.165) is 18.4 Å². The van der Waals surface area contributed by atoms with Crippen molar-refractivity contribution in [3.8, 4) is 0 Å². The van der Waals surface area contributed by atoms with Gasteiger partial charge in [0.2, 0.25) is 11.8 Å². The van der Waals surface area contributed by atoms with E-state index >= 15 is 0 Å². The molecule has 1 aliphatic heterocycles. The highest BCUT2D eigenvalue weighted by Crippen LogP contribution is 2.27. The van der Waals surface area contributed by atoms with Crippen LogP contribution in [0.15, 0.2) is 30.3 Å². The highest BCUT2D eigenvalue weighted by atomic mass is 16.2. The molecule has 1 aromatic rings. The number of rotatable bonds is 4. The van der Waals surface area contributed by atoms with Gasteiger partial charge in [0, 0.05) is 12.5 Å². The third-order valence-electron chi connectivity index (χ3n) is 3.76. The first kappa shape index (κ1) is 14.5. The van der Waals surface area contributed by atoms with Gasteiger partial charge >= 0.3 is 0 Å². The third kappa shape index (κ3) is 3.36. The summed E-state index contributed by atoms with van der Waals surface area (Å²) < 4.78 is 0. The van der Waals surface area contributed by atoms with Gasteiger partial charge in [-0.3, -0.25) is 14.9 Å². The molecule has 0 aliphatic carbocycles. The minimum absolute atomic E-state index is 0.0560. The molecule has 0 aromatic heterocycles. The van der Waals surface area contributed by atoms with Gasteiger partial charge in [0.25, 0.3) is 0 Å². The maximum absolute atomic E-state index is 12.2. The monoisotopic (exact) mass is 275 g/mol. The van der Waals surface area contributed by atoms with Crippen LogP contribution < -0.4 is 16.4 Å². The number of benzene rings is 1. The van der Waals surface area contributed by atoms with Crippen molar-refractivity contribution in [2.75, 3.05) is 6.54 Å². The number of nitrogens with two attached hydrogens (primary N) is 1. The lowest BCUT2D eigenvalue weighted by atomic mass is 9.87. The molecule has 1 aromatic carbocycles. The zero-order valence-corrected chi connectivity index (χ0v) is 11.6. The van der Waals surface area contributed by atoms with Crippen molar-refractivity contribution in [3.05, 3.63) is 35.9 Å². The van der Waals surface area contributed by atoms with Crippen molar-refractivity contribution in [3.63, 3.8) is 0 Å². The molecule has 2 amide bonds. The Kier molecular flexibility index (Phi) is 4.74. The maximum atomic E-state index is 12.2. The van der Waals surface area contributed by atoms with Gasteiger partial charge in [-0.15, -0.1) is 0 Å². The molecule has 1 saturated heterocycles. The summed E-state index contributed by atoms with van der Waals surface area (Å²) in [5, 5.41) is 5.96. The maximum Gasteiger partial charge on any atom is 0.237 e. The third-order valence-corrected chi connectivity index (χ3v) is 3.76. The Morgan fingerprint density at radius 1 is 1.40 bits per heavy atom. The molecule has 4 N–H and O–H groups in total. The first-order chi connectivity index (χ1) is 9.59. The summed E-state index contributed by atoms with van der Waals surface area (Å²) in [5.74, 6) is -0.459. The van der Waals surface area contributed by atoms with E-state index in [1.165, 1.54) is 0 Å². The highest BCUT2D eigenvalue weighted by molar-refractivity contribution is 5.85. The minimum Gasteiger partial charge on any atom is -0.368 e. The predicted molar refractivity (Wildman–Crippen MR) is 77.0 cm³/mol. The number of carbonyl (C=O) groups excluding carboxylic acids is 2. The summed E-state index contributed by atoms with van der Waals surface area (Å²) in [6, 6.07) is 8.96. The number of nitrogens with one attached hydrogen (secondary N) is 2. The summed E-state index contributed by atoms with van der Waals surface area (Å²) in [4.78, 5) is 23.5. The smallest absolute Gasteiger partial charge is 0.237 e. The molecule has 2 rings (SSSR count). The van der Waals surface area contributed by atoms with Crippen molar-refractivity contribution in [1.29, 1.82) is 0 Å². The van der Waals surface area contributed by atoms with Crippen molar-refractivity contribution in [2.24, 2.45) is 5.73 Å². The predicted octanol–water partition coefficient (Wildman–Crippen LogP) is 0.512. The fraction of sp³-hybridized carbons (Fsp3) is 0.467. The zero-order valence-electron chi connectivity index (χ0n) is 11.6. The lowest BCUT2D eigenvalue weighted by Crippen LogP contribution is -2.53. The standard InChI is InChI=1S/C15H21N3O2/c1-10(14(16)19)18-13-12(8-5-9-17-15(13)20)11-6-3-2-4-7-11/h2-4,6-7,10,12-13,18H,5,8-9H2,1H3,(H2,16,19)(H,17,20)/t10-,12-,13-/m0/s1. The molecule has 0 spiro atoms. The molecule has 108 valence electrons. The van der Waals surface area contributed by atoms with Crippen molar-refractivity contribution in [2.45, 2.75) is 37.8 Å². The van der Waals surface area contributed by atoms with E-state index in [4.69, 9.17) is 5.73 Å². The lowest BCUT2D eigenvalue weighted by Gasteiger charge is -2.27. The average Bonchev–Trinajstić information content (AvgIpc) is 2.62. The van der Waals surface area contributed by atoms with Crippen LogP contribution in [0, 0.1) is 0 Å². The van der Waals surface area contributed by atoms with E-state index in [2.05, 4.69) is 10.6 Å². The molecule has 1 heterocycles. The van der Waals surface area contributed by atoms with Gasteiger partial charge in [0.1, 0.15) is 0 Å². The van der Waals surface area contributed by atoms with Gasteiger partial charge in [0.05, 0.1) is 12.1 Å². The summed E-state index contributed by atoms with van der Waals surface area (Å²) >= 11 is 0. The van der Waals surface area contributed by atoms with E-state index in [1.54, 1.807) is 6.92 Å². The fourth-order valence-corrected chi connectivity index (χ4v) is 2.60. The Morgan fingerprint density at radius 3 is 2.75 bits per heavy atom. The van der Waals surface area contributed by atoms with Crippen LogP contribution in [0.5, 0.6) is 0 Å². The Balaban J connectivity index is 2.24. The minimum atomic E-state index is -0.532. The molecule has 0 unspecified atom stereocenters. The van der Waals surface area contributed by atoms with E-state index in [9.17, 15) is 9.59 Å². The van der Waals surface area contributed by atoms with E-state index in [0.29, 0.717) is 6.54 Å². The van der Waals surface area contributed by atoms with Crippen LogP contribution in [0.1, 0.15) is 31.2 Å². The fourth-order valence-electron chi connectivity index (χ4n) is 2.60. The molecule has 0 radical (unpaired) electrons. The Bertz CT molecular complexity index is 475. The van der Waals surface area contributed by atoms with E-state index in [1.807, 2.05) is 30.3 Å². The Hall–Kier alpha value is -1.88. The van der Waals surface area contributed by atoms with E-state index in [-0.39, 0.29) is 11.8 Å². The average molecular weight is 275 g/mol. The van der Waals surface area contributed by atoms with Gasteiger partial charge in [-0.25, -0.2) is 0 Å². The number of carbonyl (C=O) groups is 2. The van der Waals surface area contributed by atoms with Crippen LogP contribution in [0.25, 0.3) is 0 Å². The number of amides is 2. The molecule has 5 heteroatoms. The Labute approximate surface area is 118 Å². The van der Waals surface area contributed by atoms with E-state index < -0.39 is 18.0 Å². The van der Waals surface area contributed by atoms with Gasteiger partial charge in [-0.2, -0.15) is 0 Å². The molecular weight excluding hydrogens is 254 g/mol. The summed E-state index contributed by atoms with van der Waals surface area (Å²) in [5.41, 5.74) is 6.40. The molecule has 0 saturated carbocycles. The van der Waals surface area contributed by atoms with Crippen LogP contribution in [0.4, 0.5) is 0 Å².